The minimum atomic E-state index is -1.89. The van der Waals surface area contributed by atoms with E-state index in [4.69, 9.17) is 4.74 Å². The Morgan fingerprint density at radius 2 is 1.59 bits per heavy atom. The molecule has 0 fully saturated rings. The Morgan fingerprint density at radius 3 is 1.96 bits per heavy atom. The molecule has 5 heteroatoms. The summed E-state index contributed by atoms with van der Waals surface area (Å²) in [7, 11) is 0.0428. The summed E-state index contributed by atoms with van der Waals surface area (Å²) >= 11 is 2.30. The van der Waals surface area contributed by atoms with Gasteiger partial charge in [0.15, 0.2) is 0 Å². The zero-order chi connectivity index (χ0) is 19.3. The van der Waals surface area contributed by atoms with Crippen molar-refractivity contribution in [3.63, 3.8) is 0 Å². The van der Waals surface area contributed by atoms with Gasteiger partial charge in [-0.05, 0) is 0 Å². The Morgan fingerprint density at radius 1 is 1.04 bits per heavy atom. The van der Waals surface area contributed by atoms with E-state index in [2.05, 4.69) is 99.4 Å². The Kier molecular flexibility index (Phi) is 9.21. The summed E-state index contributed by atoms with van der Waals surface area (Å²) in [5.74, 6) is 0. The van der Waals surface area contributed by atoms with Gasteiger partial charge in [0.1, 0.15) is 0 Å². The number of hydrogen-bond acceptors (Lipinski definition) is 1. The molecule has 0 amide bonds. The average molecular weight is 462 g/mol. The molecule has 0 saturated heterocycles. The molecular formula is C22H35Cl2OSiTi. The molecule has 0 radical (unpaired) electrons. The molecule has 1 unspecified atom stereocenters. The van der Waals surface area contributed by atoms with Crippen molar-refractivity contribution in [2.24, 2.45) is 10.8 Å². The van der Waals surface area contributed by atoms with Crippen LogP contribution in [0.5, 0.6) is 0 Å². The maximum atomic E-state index is 6.49. The van der Waals surface area contributed by atoms with Gasteiger partial charge in [0.05, 0.1) is 0 Å². The molecule has 0 spiro atoms. The second kappa shape index (κ2) is 9.06. The first kappa shape index (κ1) is 27.4. The van der Waals surface area contributed by atoms with Crippen LogP contribution in [-0.2, 0) is 25.2 Å². The van der Waals surface area contributed by atoms with Gasteiger partial charge >= 0.3 is 168 Å². The van der Waals surface area contributed by atoms with Gasteiger partial charge in [0.25, 0.3) is 0 Å². The third kappa shape index (κ3) is 4.95. The molecule has 0 aromatic carbocycles. The van der Waals surface area contributed by atoms with Crippen molar-refractivity contribution in [1.29, 1.82) is 0 Å². The molecule has 1 nitrogen and oxygen atoms in total. The molecule has 0 saturated carbocycles. The van der Waals surface area contributed by atoms with Gasteiger partial charge in [-0.15, -0.1) is 0 Å². The van der Waals surface area contributed by atoms with Crippen molar-refractivity contribution in [1.82, 2.24) is 0 Å². The van der Waals surface area contributed by atoms with Crippen LogP contribution in [0.3, 0.4) is 0 Å². The van der Waals surface area contributed by atoms with Crippen molar-refractivity contribution in [2.75, 3.05) is 7.11 Å². The Labute approximate surface area is 192 Å². The van der Waals surface area contributed by atoms with Crippen LogP contribution in [0.4, 0.5) is 0 Å². The maximum absolute atomic E-state index is 6.49. The zero-order valence-corrected chi connectivity index (χ0v) is 22.5. The van der Waals surface area contributed by atoms with Crippen LogP contribution >= 0.6 is 0 Å². The van der Waals surface area contributed by atoms with E-state index in [1.165, 1.54) is 15.0 Å². The average Bonchev–Trinajstić information content (AvgIpc) is 2.91. The van der Waals surface area contributed by atoms with Gasteiger partial charge < -0.3 is 24.8 Å². The van der Waals surface area contributed by atoms with Crippen LogP contribution in [0.2, 0.25) is 13.1 Å². The van der Waals surface area contributed by atoms with Crippen LogP contribution in [0, 0.1) is 10.8 Å². The molecule has 2 aliphatic rings. The summed E-state index contributed by atoms with van der Waals surface area (Å²) in [5, 5.41) is 1.41. The first-order chi connectivity index (χ1) is 11.3. The minimum Gasteiger partial charge on any atom is -1.00 e. The number of allylic oxidation sites excluding steroid dienone is 6. The molecule has 0 aromatic heterocycles. The van der Waals surface area contributed by atoms with Gasteiger partial charge in [-0.3, -0.25) is 0 Å². The second-order valence-corrected chi connectivity index (χ2v) is 15.6. The van der Waals surface area contributed by atoms with Gasteiger partial charge in [-0.2, -0.15) is 0 Å². The SMILES string of the molecule is COC1([Si](C)(C)C2=[C]([Ti+2])CC=C2)CC=C(C(C)(C)C)C=C1C(C)(C)C.[Cl-].[Cl-]. The molecular weight excluding hydrogens is 427 g/mol. The fourth-order valence-corrected chi connectivity index (χ4v) is 10.2. The predicted octanol–water partition coefficient (Wildman–Crippen LogP) is 0.276. The molecule has 0 N–H and O–H groups in total. The van der Waals surface area contributed by atoms with Crippen LogP contribution in [0.1, 0.15) is 54.4 Å². The summed E-state index contributed by atoms with van der Waals surface area (Å²) in [5.41, 5.74) is 3.18. The number of hydrogen-bond donors (Lipinski definition) is 0. The molecule has 0 aliphatic heterocycles. The zero-order valence-electron chi connectivity index (χ0n) is 18.4. The summed E-state index contributed by atoms with van der Waals surface area (Å²) in [6.07, 6.45) is 11.7. The first-order valence-electron chi connectivity index (χ1n) is 9.37. The van der Waals surface area contributed by atoms with Crippen molar-refractivity contribution < 1.29 is 50.0 Å². The topological polar surface area (TPSA) is 9.23 Å². The Hall–Kier alpha value is 0.431. The summed E-state index contributed by atoms with van der Waals surface area (Å²) in [6, 6.07) is 0. The standard InChI is InChI=1S/C22H35OSi.2ClH.Ti/c1-20(2,3)17-14-15-22(23-7,19(16-17)21(4,5)6)24(8,9)18-12-10-11-13-18;;;/h10,12,14,16H,11,15H2,1-9H3;2*1H;/q;;;+2/p-2. The van der Waals surface area contributed by atoms with Crippen LogP contribution < -0.4 is 24.8 Å². The smallest absolute Gasteiger partial charge is 1.00 e. The van der Waals surface area contributed by atoms with Crippen LogP contribution in [0.25, 0.3) is 0 Å². The van der Waals surface area contributed by atoms with E-state index in [0.717, 1.165) is 12.8 Å². The number of rotatable bonds is 3. The molecule has 1 atom stereocenters. The van der Waals surface area contributed by atoms with Crippen molar-refractivity contribution in [3.05, 3.63) is 44.5 Å². The predicted molar refractivity (Wildman–Crippen MR) is 108 cm³/mol. The molecule has 0 bridgehead atoms. The van der Waals surface area contributed by atoms with E-state index in [-0.39, 0.29) is 40.9 Å². The van der Waals surface area contributed by atoms with E-state index in [0.29, 0.717) is 0 Å². The third-order valence-electron chi connectivity index (χ3n) is 5.98. The van der Waals surface area contributed by atoms with Gasteiger partial charge in [-0.1, -0.05) is 0 Å². The molecule has 2 aliphatic carbocycles. The van der Waals surface area contributed by atoms with E-state index in [9.17, 15) is 0 Å². The van der Waals surface area contributed by atoms with Gasteiger partial charge in [-0.25, -0.2) is 0 Å². The van der Waals surface area contributed by atoms with E-state index >= 15 is 0 Å². The monoisotopic (exact) mass is 461 g/mol. The van der Waals surface area contributed by atoms with E-state index in [1.54, 1.807) is 5.20 Å². The van der Waals surface area contributed by atoms with Crippen molar-refractivity contribution in [3.8, 4) is 0 Å². The van der Waals surface area contributed by atoms with Crippen LogP contribution in [-0.4, -0.2) is 20.4 Å². The largest absolute Gasteiger partial charge is 1.00 e. The molecule has 0 heterocycles. The number of methoxy groups -OCH3 is 1. The quantitative estimate of drug-likeness (QED) is 0.548. The third-order valence-corrected chi connectivity index (χ3v) is 11.6. The fourth-order valence-electron chi connectivity index (χ4n) is 4.39. The fraction of sp³-hybridized carbons (Fsp3) is 0.636. The van der Waals surface area contributed by atoms with Crippen molar-refractivity contribution in [2.45, 2.75) is 72.7 Å². The van der Waals surface area contributed by atoms with Gasteiger partial charge in [0.2, 0.25) is 0 Å². The van der Waals surface area contributed by atoms with Gasteiger partial charge in [0, 0.05) is 0 Å². The van der Waals surface area contributed by atoms with E-state index < -0.39 is 8.07 Å². The minimum absolute atomic E-state index is 0. The van der Waals surface area contributed by atoms with Crippen molar-refractivity contribution >= 4 is 8.07 Å². The maximum Gasteiger partial charge on any atom is -1.00 e. The summed E-state index contributed by atoms with van der Waals surface area (Å²) in [6.45, 7) is 19.0. The number of ether oxygens (including phenoxy) is 1. The Bertz CT molecular complexity index is 675. The normalized spacial score (nSPS) is 23.5. The second-order valence-electron chi connectivity index (χ2n) is 10.1. The molecule has 151 valence electrons. The summed E-state index contributed by atoms with van der Waals surface area (Å²) in [4.78, 5) is 0. The molecule has 2 rings (SSSR count). The summed E-state index contributed by atoms with van der Waals surface area (Å²) < 4.78 is 8.02. The van der Waals surface area contributed by atoms with E-state index in [1.807, 2.05) is 7.11 Å². The number of halogens is 2. The first-order valence-corrected chi connectivity index (χ1v) is 13.2. The molecule has 0 aromatic rings. The molecule has 27 heavy (non-hydrogen) atoms. The van der Waals surface area contributed by atoms with Crippen LogP contribution in [0.15, 0.2) is 44.5 Å². The Balaban J connectivity index is 0.00000338.